The van der Waals surface area contributed by atoms with Crippen molar-refractivity contribution < 1.29 is 0 Å². The zero-order valence-corrected chi connectivity index (χ0v) is 48.6. The molecule has 0 aliphatic rings. The maximum atomic E-state index is 2.34. The number of hydrogen-bond donors (Lipinski definition) is 0. The van der Waals surface area contributed by atoms with Crippen LogP contribution >= 0.6 is 7.26 Å². The average molecular weight is 948 g/mol. The molecule has 0 rings (SSSR count). The van der Waals surface area contributed by atoms with Gasteiger partial charge in [0.2, 0.25) is 0 Å². The Bertz CT molecular complexity index is 739. The molecule has 0 saturated heterocycles. The third kappa shape index (κ3) is 53.8. The van der Waals surface area contributed by atoms with Gasteiger partial charge in [-0.15, -0.1) is 0 Å². The summed E-state index contributed by atoms with van der Waals surface area (Å²) in [6.07, 6.45) is 92.1. The molecule has 0 aromatic carbocycles. The van der Waals surface area contributed by atoms with E-state index in [0.29, 0.717) is 0 Å². The van der Waals surface area contributed by atoms with Gasteiger partial charge in [0.1, 0.15) is 0 Å². The molecule has 0 saturated carbocycles. The molecule has 0 amide bonds. The predicted molar refractivity (Wildman–Crippen MR) is 314 cm³/mol. The summed E-state index contributed by atoms with van der Waals surface area (Å²) in [5.41, 5.74) is 0. The third-order valence-corrected chi connectivity index (χ3v) is 22.1. The number of rotatable bonds is 61. The van der Waals surface area contributed by atoms with Gasteiger partial charge in [-0.1, -0.05) is 111 Å². The maximum absolute atomic E-state index is 2.34. The molecule has 0 aromatic rings. The minimum absolute atomic E-state index is 1.21. The molecule has 400 valence electrons. The molecular formula is C65H135P. The van der Waals surface area contributed by atoms with Crippen LogP contribution in [0.1, 0.15) is 394 Å². The third-order valence-electron chi connectivity index (χ3n) is 16.5. The Hall–Kier alpha value is 0.430. The fourth-order valence-corrected chi connectivity index (χ4v) is 17.2. The Morgan fingerprint density at radius 1 is 0.121 bits per heavy atom. The molecule has 0 atom stereocenters. The van der Waals surface area contributed by atoms with Gasteiger partial charge in [0, 0.05) is 0 Å². The van der Waals surface area contributed by atoms with Crippen LogP contribution in [0.4, 0.5) is 0 Å². The fourth-order valence-electron chi connectivity index (χ4n) is 11.7. The average Bonchev–Trinajstić information content (AvgIpc) is 3.33. The van der Waals surface area contributed by atoms with Crippen molar-refractivity contribution >= 4 is 7.26 Å². The van der Waals surface area contributed by atoms with Crippen molar-refractivity contribution in [2.45, 2.75) is 394 Å². The summed E-state index contributed by atoms with van der Waals surface area (Å²) >= 11 is 0. The Morgan fingerprint density at radius 3 is 0.318 bits per heavy atom. The van der Waals surface area contributed by atoms with Crippen LogP contribution in [0.3, 0.4) is 0 Å². The zero-order chi connectivity index (χ0) is 47.6. The van der Waals surface area contributed by atoms with Crippen LogP contribution in [0.15, 0.2) is 0 Å². The normalized spacial score (nSPS) is 12.2. The zero-order valence-electron chi connectivity index (χ0n) is 47.6. The van der Waals surface area contributed by atoms with E-state index in [-0.39, 0.29) is 0 Å². The van der Waals surface area contributed by atoms with Crippen LogP contribution in [0.5, 0.6) is 0 Å². The van der Waals surface area contributed by atoms with Gasteiger partial charge < -0.3 is 0 Å². The second kappa shape index (κ2) is 59.7. The molecule has 66 heavy (non-hydrogen) atoms. The first-order valence-corrected chi connectivity index (χ1v) is 35.6. The monoisotopic (exact) mass is 947 g/mol. The van der Waals surface area contributed by atoms with E-state index >= 15 is 0 Å². The molecule has 0 nitrogen and oxygen atoms in total. The van der Waals surface area contributed by atoms with Crippen molar-refractivity contribution in [3.63, 3.8) is 0 Å². The Balaban J connectivity index is 4.94. The van der Waals surface area contributed by atoms with Gasteiger partial charge in [-0.05, 0) is 0 Å². The van der Waals surface area contributed by atoms with Crippen LogP contribution in [0.2, 0.25) is 0 Å². The molecule has 1 heteroatoms. The summed E-state index contributed by atoms with van der Waals surface area (Å²) in [7, 11) is -1.21. The smallest absolute Gasteiger partial charge is 0.0654 e. The van der Waals surface area contributed by atoms with E-state index in [1.54, 1.807) is 76.0 Å². The SMILES string of the molecule is CCCCCCCCCCCCCCCCC[PH](CCCCCCCCCCCCCCCC)(CCCCCCCCCCCCCCCC)CCCCCCCCCCCCCCCC. The summed E-state index contributed by atoms with van der Waals surface area (Å²) in [5.74, 6) is 0. The van der Waals surface area contributed by atoms with Crippen LogP contribution in [-0.4, -0.2) is 24.6 Å². The molecule has 0 aliphatic heterocycles. The van der Waals surface area contributed by atoms with E-state index in [1.807, 2.05) is 0 Å². The van der Waals surface area contributed by atoms with Crippen molar-refractivity contribution in [2.75, 3.05) is 24.6 Å². The minimum atomic E-state index is -1.21. The first-order valence-electron chi connectivity index (χ1n) is 32.7. The fraction of sp³-hybridized carbons (Fsp3) is 1.00. The standard InChI is InChI=1S/C65H135P/c1-5-9-13-17-21-25-29-33-37-41-45-49-53-57-61-65-66(62-58-54-50-46-42-38-34-30-26-22-18-14-10-6-2,63-59-55-51-47-43-39-35-31-27-23-19-15-11-7-3)64-60-56-52-48-44-40-36-32-28-24-20-16-12-8-4/h66H,5-65H2,1-4H3. The van der Waals surface area contributed by atoms with Gasteiger partial charge in [0.05, 0.1) is 0 Å². The Kier molecular flexibility index (Phi) is 60.1. The molecule has 0 spiro atoms. The summed E-state index contributed by atoms with van der Waals surface area (Å²) in [6.45, 7) is 9.34. The van der Waals surface area contributed by atoms with Gasteiger partial charge in [0.25, 0.3) is 0 Å². The van der Waals surface area contributed by atoms with Gasteiger partial charge >= 0.3 is 314 Å². The molecule has 0 N–H and O–H groups in total. The molecule has 0 fully saturated rings. The summed E-state index contributed by atoms with van der Waals surface area (Å²) in [6, 6.07) is 0. The van der Waals surface area contributed by atoms with Crippen molar-refractivity contribution in [1.82, 2.24) is 0 Å². The summed E-state index contributed by atoms with van der Waals surface area (Å²) < 4.78 is 0. The van der Waals surface area contributed by atoms with Gasteiger partial charge in [-0.3, -0.25) is 0 Å². The molecule has 0 radical (unpaired) electrons. The molecule has 0 heterocycles. The summed E-state index contributed by atoms with van der Waals surface area (Å²) in [5, 5.41) is 0. The van der Waals surface area contributed by atoms with E-state index < -0.39 is 7.26 Å². The van der Waals surface area contributed by atoms with Crippen LogP contribution < -0.4 is 0 Å². The van der Waals surface area contributed by atoms with Crippen molar-refractivity contribution in [2.24, 2.45) is 0 Å². The van der Waals surface area contributed by atoms with Crippen molar-refractivity contribution in [3.05, 3.63) is 0 Å². The topological polar surface area (TPSA) is 0 Å². The van der Waals surface area contributed by atoms with E-state index in [0.717, 1.165) is 0 Å². The molecule has 0 aliphatic carbocycles. The second-order valence-corrected chi connectivity index (χ2v) is 28.2. The van der Waals surface area contributed by atoms with Crippen LogP contribution in [0.25, 0.3) is 0 Å². The van der Waals surface area contributed by atoms with Gasteiger partial charge in [0.15, 0.2) is 0 Å². The van der Waals surface area contributed by atoms with E-state index in [9.17, 15) is 0 Å². The molecule has 0 unspecified atom stereocenters. The number of hydrogen-bond acceptors (Lipinski definition) is 0. The predicted octanol–water partition coefficient (Wildman–Crippen LogP) is 25.1. The van der Waals surface area contributed by atoms with E-state index in [1.165, 1.54) is 315 Å². The van der Waals surface area contributed by atoms with Crippen molar-refractivity contribution in [3.8, 4) is 0 Å². The first kappa shape index (κ1) is 66.4. The van der Waals surface area contributed by atoms with Crippen LogP contribution in [0, 0.1) is 0 Å². The van der Waals surface area contributed by atoms with E-state index in [4.69, 9.17) is 0 Å². The molecular weight excluding hydrogens is 812 g/mol. The number of unbranched alkanes of at least 4 members (excludes halogenated alkanes) is 53. The minimum Gasteiger partial charge on any atom is -0.0654 e. The quantitative estimate of drug-likeness (QED) is 0.0421. The Morgan fingerprint density at radius 2 is 0.212 bits per heavy atom. The first-order chi connectivity index (χ1) is 32.7. The van der Waals surface area contributed by atoms with E-state index in [2.05, 4.69) is 27.7 Å². The second-order valence-electron chi connectivity index (χ2n) is 23.2. The molecule has 0 aromatic heterocycles. The van der Waals surface area contributed by atoms with Crippen LogP contribution in [-0.2, 0) is 0 Å². The summed E-state index contributed by atoms with van der Waals surface area (Å²) in [4.78, 5) is 0. The van der Waals surface area contributed by atoms with Crippen molar-refractivity contribution in [1.29, 1.82) is 0 Å². The van der Waals surface area contributed by atoms with Gasteiger partial charge in [-0.25, -0.2) is 0 Å². The Labute approximate surface area is 423 Å². The van der Waals surface area contributed by atoms with Gasteiger partial charge in [-0.2, -0.15) is 0 Å². The molecule has 0 bridgehead atoms.